The maximum absolute atomic E-state index is 10.9. The predicted octanol–water partition coefficient (Wildman–Crippen LogP) is 0.775. The molecule has 0 aliphatic carbocycles. The zero-order valence-corrected chi connectivity index (χ0v) is 15.1. The Morgan fingerprint density at radius 1 is 1.14 bits per heavy atom. The smallest absolute Gasteiger partial charge is 0.246 e. The summed E-state index contributed by atoms with van der Waals surface area (Å²) in [6, 6.07) is 0. The van der Waals surface area contributed by atoms with Crippen molar-refractivity contribution < 1.29 is 9.59 Å². The van der Waals surface area contributed by atoms with Gasteiger partial charge in [0, 0.05) is 25.2 Å². The van der Waals surface area contributed by atoms with Gasteiger partial charge in [-0.25, -0.2) is 0 Å². The topological polar surface area (TPSA) is 73.5 Å². The molecule has 2 amide bonds. The van der Waals surface area contributed by atoms with Crippen LogP contribution in [0.5, 0.6) is 0 Å². The van der Waals surface area contributed by atoms with E-state index in [1.54, 1.807) is 6.92 Å². The van der Waals surface area contributed by atoms with Gasteiger partial charge in [0.15, 0.2) is 0 Å². The lowest BCUT2D eigenvalue weighted by Crippen LogP contribution is -2.31. The van der Waals surface area contributed by atoms with E-state index in [4.69, 9.17) is 0 Å². The van der Waals surface area contributed by atoms with E-state index >= 15 is 0 Å². The van der Waals surface area contributed by atoms with Crippen molar-refractivity contribution in [1.82, 2.24) is 20.9 Å². The Morgan fingerprint density at radius 3 is 1.95 bits per heavy atom. The number of likely N-dealkylation sites (N-methyl/N-ethyl adjacent to an activating group) is 1. The number of hydrogen-bond donors (Lipinski definition) is 3. The molecule has 0 aliphatic rings. The van der Waals surface area contributed by atoms with Crippen molar-refractivity contribution in [3.8, 4) is 0 Å². The number of nitrogens with zero attached hydrogens (tertiary/aromatic N) is 1. The second-order valence-electron chi connectivity index (χ2n) is 4.83. The summed E-state index contributed by atoms with van der Waals surface area (Å²) < 4.78 is 0. The first kappa shape index (κ1) is 25.3. The molecule has 22 heavy (non-hydrogen) atoms. The molecule has 0 aromatic heterocycles. The van der Waals surface area contributed by atoms with Gasteiger partial charge >= 0.3 is 0 Å². The number of hydrogen-bond acceptors (Lipinski definition) is 4. The lowest BCUT2D eigenvalue weighted by Gasteiger charge is -2.09. The number of rotatable bonds is 7. The van der Waals surface area contributed by atoms with E-state index in [-0.39, 0.29) is 11.8 Å². The lowest BCUT2D eigenvalue weighted by molar-refractivity contribution is -0.117. The van der Waals surface area contributed by atoms with Crippen molar-refractivity contribution in [1.29, 1.82) is 0 Å². The maximum atomic E-state index is 10.9. The van der Waals surface area contributed by atoms with Crippen LogP contribution in [0.1, 0.15) is 20.3 Å². The molecule has 0 unspecified atom stereocenters. The number of amides is 2. The highest BCUT2D eigenvalue weighted by Crippen LogP contribution is 1.84. The third-order valence-electron chi connectivity index (χ3n) is 1.97. The molecular weight excluding hydrogens is 280 g/mol. The highest BCUT2D eigenvalue weighted by atomic mass is 16.2. The van der Waals surface area contributed by atoms with E-state index in [9.17, 15) is 9.59 Å². The van der Waals surface area contributed by atoms with Gasteiger partial charge in [-0.2, -0.15) is 0 Å². The SMILES string of the molecule is C=C(C)C(=O)NCCN(C)C.C=CC(=O)NCCC.CNC. The van der Waals surface area contributed by atoms with Crippen molar-refractivity contribution in [2.24, 2.45) is 0 Å². The van der Waals surface area contributed by atoms with Gasteiger partial charge in [-0.05, 0) is 47.6 Å². The van der Waals surface area contributed by atoms with Gasteiger partial charge in [-0.1, -0.05) is 20.1 Å². The summed E-state index contributed by atoms with van der Waals surface area (Å²) in [5.74, 6) is -0.154. The first-order valence-corrected chi connectivity index (χ1v) is 7.33. The summed E-state index contributed by atoms with van der Waals surface area (Å²) in [6.45, 7) is 12.8. The summed E-state index contributed by atoms with van der Waals surface area (Å²) in [5.41, 5.74) is 0.559. The number of carbonyl (C=O) groups is 2. The van der Waals surface area contributed by atoms with Crippen molar-refractivity contribution in [3.05, 3.63) is 24.8 Å². The summed E-state index contributed by atoms with van der Waals surface area (Å²) >= 11 is 0. The van der Waals surface area contributed by atoms with Crippen LogP contribution in [0, 0.1) is 0 Å². The Hall–Kier alpha value is -1.66. The molecule has 0 atom stereocenters. The van der Waals surface area contributed by atoms with Gasteiger partial charge in [-0.3, -0.25) is 9.59 Å². The fourth-order valence-electron chi connectivity index (χ4n) is 0.864. The Morgan fingerprint density at radius 2 is 1.64 bits per heavy atom. The Labute approximate surface area is 136 Å². The van der Waals surface area contributed by atoms with Crippen LogP contribution in [0.15, 0.2) is 24.8 Å². The maximum Gasteiger partial charge on any atom is 0.246 e. The average Bonchev–Trinajstić information content (AvgIpc) is 2.45. The molecule has 130 valence electrons. The molecule has 0 heterocycles. The van der Waals surface area contributed by atoms with Gasteiger partial charge in [0.05, 0.1) is 0 Å². The quantitative estimate of drug-likeness (QED) is 0.607. The molecule has 6 heteroatoms. The average molecular weight is 314 g/mol. The van der Waals surface area contributed by atoms with Crippen molar-refractivity contribution in [2.75, 3.05) is 47.8 Å². The minimum atomic E-state index is -0.0909. The molecule has 0 saturated heterocycles. The molecule has 6 nitrogen and oxygen atoms in total. The molecule has 0 fully saturated rings. The summed E-state index contributed by atoms with van der Waals surface area (Å²) in [4.78, 5) is 23.2. The van der Waals surface area contributed by atoms with Crippen LogP contribution in [-0.2, 0) is 9.59 Å². The minimum Gasteiger partial charge on any atom is -0.353 e. The molecule has 0 spiro atoms. The van der Waals surface area contributed by atoms with Gasteiger partial charge in [-0.15, -0.1) is 0 Å². The van der Waals surface area contributed by atoms with E-state index < -0.39 is 0 Å². The van der Waals surface area contributed by atoms with Crippen molar-refractivity contribution in [3.63, 3.8) is 0 Å². The fraction of sp³-hybridized carbons (Fsp3) is 0.625. The standard InChI is InChI=1S/C8H16N2O.C6H11NO.C2H7N/c1-7(2)8(11)9-5-6-10(3)4;1-3-5-7-6(8)4-2;1-3-2/h1,5-6H2,2-4H3,(H,9,11);4H,2-3,5H2,1H3,(H,7,8);3H,1-2H3. The van der Waals surface area contributed by atoms with Gasteiger partial charge in [0.1, 0.15) is 0 Å². The minimum absolute atomic E-state index is 0.0631. The second-order valence-corrected chi connectivity index (χ2v) is 4.83. The van der Waals surface area contributed by atoms with E-state index in [0.717, 1.165) is 19.5 Å². The van der Waals surface area contributed by atoms with Crippen LogP contribution in [0.4, 0.5) is 0 Å². The van der Waals surface area contributed by atoms with E-state index in [1.807, 2.05) is 40.0 Å². The molecular formula is C16H34N4O2. The van der Waals surface area contributed by atoms with Crippen molar-refractivity contribution in [2.45, 2.75) is 20.3 Å². The zero-order valence-electron chi connectivity index (χ0n) is 15.1. The van der Waals surface area contributed by atoms with Crippen LogP contribution < -0.4 is 16.0 Å². The molecule has 0 bridgehead atoms. The van der Waals surface area contributed by atoms with Crippen LogP contribution in [0.25, 0.3) is 0 Å². The van der Waals surface area contributed by atoms with Gasteiger partial charge < -0.3 is 20.9 Å². The molecule has 0 saturated carbocycles. The van der Waals surface area contributed by atoms with E-state index in [0.29, 0.717) is 12.1 Å². The van der Waals surface area contributed by atoms with Crippen LogP contribution >= 0.6 is 0 Å². The Kier molecular flexibility index (Phi) is 22.2. The Balaban J connectivity index is -0.000000288. The molecule has 0 radical (unpaired) electrons. The fourth-order valence-corrected chi connectivity index (χ4v) is 0.864. The second kappa shape index (κ2) is 19.3. The lowest BCUT2D eigenvalue weighted by atomic mass is 10.3. The summed E-state index contributed by atoms with van der Waals surface area (Å²) in [5, 5.41) is 8.11. The first-order valence-electron chi connectivity index (χ1n) is 7.33. The van der Waals surface area contributed by atoms with Crippen LogP contribution in [0.3, 0.4) is 0 Å². The molecule has 0 rings (SSSR count). The molecule has 0 aliphatic heterocycles. The predicted molar refractivity (Wildman–Crippen MR) is 94.9 cm³/mol. The third kappa shape index (κ3) is 26.8. The van der Waals surface area contributed by atoms with E-state index in [2.05, 4.69) is 29.1 Å². The van der Waals surface area contributed by atoms with Gasteiger partial charge in [0.25, 0.3) is 0 Å². The van der Waals surface area contributed by atoms with E-state index in [1.165, 1.54) is 6.08 Å². The highest BCUT2D eigenvalue weighted by molar-refractivity contribution is 5.92. The first-order chi connectivity index (χ1) is 10.3. The number of carbonyl (C=O) groups excluding carboxylic acids is 2. The van der Waals surface area contributed by atoms with Gasteiger partial charge in [0.2, 0.25) is 11.8 Å². The molecule has 0 aromatic rings. The van der Waals surface area contributed by atoms with Crippen LogP contribution in [0.2, 0.25) is 0 Å². The zero-order chi connectivity index (χ0) is 18.0. The van der Waals surface area contributed by atoms with Crippen molar-refractivity contribution >= 4 is 11.8 Å². The monoisotopic (exact) mass is 314 g/mol. The highest BCUT2D eigenvalue weighted by Gasteiger charge is 1.99. The summed E-state index contributed by atoms with van der Waals surface area (Å²) in [7, 11) is 7.68. The number of nitrogens with one attached hydrogen (secondary N) is 3. The Bertz CT molecular complexity index is 315. The molecule has 0 aromatic carbocycles. The third-order valence-corrected chi connectivity index (χ3v) is 1.97. The summed E-state index contributed by atoms with van der Waals surface area (Å²) in [6.07, 6.45) is 2.25. The van der Waals surface area contributed by atoms with Crippen LogP contribution in [-0.4, -0.2) is 64.5 Å². The largest absolute Gasteiger partial charge is 0.353 e. The molecule has 3 N–H and O–H groups in total. The normalized spacial score (nSPS) is 8.68.